The Morgan fingerprint density at radius 1 is 0.203 bits per heavy atom. The number of fused-ring (bicyclic) bond motifs is 2. The van der Waals surface area contributed by atoms with Crippen molar-refractivity contribution in [3.8, 4) is 56.1 Å². The van der Waals surface area contributed by atoms with Crippen molar-refractivity contribution in [1.29, 1.82) is 0 Å². The Morgan fingerprint density at radius 3 is 0.757 bits per heavy atom. The first-order chi connectivity index (χ1) is 36.7. The summed E-state index contributed by atoms with van der Waals surface area (Å²) >= 11 is 0. The van der Waals surface area contributed by atoms with Crippen LogP contribution in [0.1, 0.15) is 0 Å². The maximum Gasteiger partial charge on any atom is 0.0542 e. The van der Waals surface area contributed by atoms with Gasteiger partial charge in [0.05, 0.1) is 22.4 Å². The van der Waals surface area contributed by atoms with E-state index in [4.69, 9.17) is 0 Å². The van der Waals surface area contributed by atoms with Crippen molar-refractivity contribution >= 4 is 55.9 Å². The predicted octanol–water partition coefficient (Wildman–Crippen LogP) is 19.2. The van der Waals surface area contributed by atoms with Gasteiger partial charge in [-0.25, -0.2) is 0 Å². The summed E-state index contributed by atoms with van der Waals surface area (Å²) in [6.45, 7) is 0. The summed E-state index contributed by atoms with van der Waals surface area (Å²) in [5.74, 6) is 0. The molecule has 4 heteroatoms. The minimum atomic E-state index is 1.09. The molecule has 0 aliphatic rings. The largest absolute Gasteiger partial charge is 0.311 e. The average molecular weight is 947 g/mol. The Balaban J connectivity index is 0.893. The van der Waals surface area contributed by atoms with Crippen LogP contribution in [0.4, 0.5) is 34.1 Å². The Kier molecular flexibility index (Phi) is 11.5. The number of nitrogens with zero attached hydrogens (tertiary/aromatic N) is 4. The zero-order valence-electron chi connectivity index (χ0n) is 40.7. The lowest BCUT2D eigenvalue weighted by Gasteiger charge is -2.26. The van der Waals surface area contributed by atoms with Gasteiger partial charge in [-0.3, -0.25) is 0 Å². The van der Waals surface area contributed by atoms with Crippen molar-refractivity contribution in [1.82, 2.24) is 9.13 Å². The molecule has 0 amide bonds. The monoisotopic (exact) mass is 946 g/mol. The number of benzene rings is 11. The number of aromatic nitrogens is 2. The number of para-hydroxylation sites is 4. The molecule has 0 aliphatic carbocycles. The summed E-state index contributed by atoms with van der Waals surface area (Å²) < 4.78 is 4.83. The molecule has 0 saturated heterocycles. The fraction of sp³-hybridized carbons (Fsp3) is 0. The van der Waals surface area contributed by atoms with Crippen molar-refractivity contribution in [2.75, 3.05) is 9.80 Å². The molecular weight excluding hydrogens is 897 g/mol. The van der Waals surface area contributed by atoms with Crippen LogP contribution in [0.15, 0.2) is 303 Å². The van der Waals surface area contributed by atoms with Gasteiger partial charge in [-0.05, 0) is 155 Å². The van der Waals surface area contributed by atoms with E-state index >= 15 is 0 Å². The third-order valence-corrected chi connectivity index (χ3v) is 14.1. The Hall–Kier alpha value is -9.90. The molecule has 0 radical (unpaired) electrons. The molecule has 13 rings (SSSR count). The van der Waals surface area contributed by atoms with Gasteiger partial charge >= 0.3 is 0 Å². The third kappa shape index (κ3) is 8.40. The van der Waals surface area contributed by atoms with Crippen LogP contribution in [0.2, 0.25) is 0 Å². The first-order valence-corrected chi connectivity index (χ1v) is 25.2. The first-order valence-electron chi connectivity index (χ1n) is 25.2. The molecule has 0 bridgehead atoms. The molecule has 11 aromatic carbocycles. The summed E-state index contributed by atoms with van der Waals surface area (Å²) in [6.07, 6.45) is 0. The van der Waals surface area contributed by atoms with Crippen molar-refractivity contribution in [2.24, 2.45) is 0 Å². The Bertz CT molecular complexity index is 3720. The smallest absolute Gasteiger partial charge is 0.0542 e. The van der Waals surface area contributed by atoms with E-state index in [0.29, 0.717) is 0 Å². The molecule has 0 unspecified atom stereocenters. The van der Waals surface area contributed by atoms with Crippen LogP contribution in [-0.2, 0) is 0 Å². The van der Waals surface area contributed by atoms with Gasteiger partial charge in [0.1, 0.15) is 0 Å². The molecule has 2 aromatic heterocycles. The molecule has 0 spiro atoms. The van der Waals surface area contributed by atoms with Crippen LogP contribution in [0, 0.1) is 0 Å². The second-order valence-electron chi connectivity index (χ2n) is 18.6. The highest BCUT2D eigenvalue weighted by Crippen LogP contribution is 2.42. The molecule has 74 heavy (non-hydrogen) atoms. The molecule has 0 fully saturated rings. The number of hydrogen-bond acceptors (Lipinski definition) is 2. The lowest BCUT2D eigenvalue weighted by molar-refractivity contribution is 1.13. The summed E-state index contributed by atoms with van der Waals surface area (Å²) in [5.41, 5.74) is 20.4. The quantitative estimate of drug-likeness (QED) is 0.121. The van der Waals surface area contributed by atoms with Gasteiger partial charge in [-0.15, -0.1) is 0 Å². The van der Waals surface area contributed by atoms with Gasteiger partial charge in [-0.1, -0.05) is 182 Å². The highest BCUT2D eigenvalue weighted by atomic mass is 15.1. The van der Waals surface area contributed by atoms with E-state index in [1.165, 1.54) is 33.0 Å². The topological polar surface area (TPSA) is 16.3 Å². The highest BCUT2D eigenvalue weighted by Gasteiger charge is 2.21. The fourth-order valence-electron chi connectivity index (χ4n) is 10.5. The molecule has 13 aromatic rings. The average Bonchev–Trinajstić information content (AvgIpc) is 4.06. The van der Waals surface area contributed by atoms with Gasteiger partial charge < -0.3 is 18.9 Å². The minimum absolute atomic E-state index is 1.09. The van der Waals surface area contributed by atoms with Crippen LogP contribution in [0.25, 0.3) is 77.9 Å². The van der Waals surface area contributed by atoms with Crippen molar-refractivity contribution < 1.29 is 0 Å². The van der Waals surface area contributed by atoms with E-state index in [0.717, 1.165) is 79.0 Å². The zero-order chi connectivity index (χ0) is 49.2. The van der Waals surface area contributed by atoms with Gasteiger partial charge in [0.2, 0.25) is 0 Å². The molecule has 0 saturated carbocycles. The molecule has 2 heterocycles. The van der Waals surface area contributed by atoms with Crippen LogP contribution in [-0.4, -0.2) is 9.13 Å². The number of rotatable bonds is 12. The zero-order valence-corrected chi connectivity index (χ0v) is 40.7. The first kappa shape index (κ1) is 44.1. The summed E-state index contributed by atoms with van der Waals surface area (Å²) in [7, 11) is 0. The van der Waals surface area contributed by atoms with E-state index < -0.39 is 0 Å². The fourth-order valence-corrected chi connectivity index (χ4v) is 10.5. The van der Waals surface area contributed by atoms with E-state index in [1.54, 1.807) is 0 Å². The lowest BCUT2D eigenvalue weighted by atomic mass is 10.0. The van der Waals surface area contributed by atoms with E-state index in [-0.39, 0.29) is 0 Å². The van der Waals surface area contributed by atoms with Gasteiger partial charge in [0.15, 0.2) is 0 Å². The van der Waals surface area contributed by atoms with Crippen molar-refractivity contribution in [3.63, 3.8) is 0 Å². The van der Waals surface area contributed by atoms with Crippen LogP contribution >= 0.6 is 0 Å². The summed E-state index contributed by atoms with van der Waals surface area (Å²) in [5, 5.41) is 2.33. The maximum atomic E-state index is 2.42. The summed E-state index contributed by atoms with van der Waals surface area (Å²) in [6, 6.07) is 109. The molecule has 350 valence electrons. The SMILES string of the molecule is c1ccc(-c2ccc(N(c3ccccc3)c3ccc(-c4cc5cc6c(cc(-c7ccc(N(c8ccccc8)c8ccc(-c9ccccc9)cc8)cc7)n6-c6ccccc6)cc5n4-c4ccccc4)cc3)cc2)cc1. The van der Waals surface area contributed by atoms with Gasteiger partial charge in [-0.2, -0.15) is 0 Å². The second kappa shape index (κ2) is 19.4. The van der Waals surface area contributed by atoms with Gasteiger partial charge in [0.25, 0.3) is 0 Å². The number of anilines is 6. The molecule has 0 aliphatic heterocycles. The number of hydrogen-bond donors (Lipinski definition) is 0. The third-order valence-electron chi connectivity index (χ3n) is 14.1. The van der Waals surface area contributed by atoms with E-state index in [9.17, 15) is 0 Å². The van der Waals surface area contributed by atoms with Crippen molar-refractivity contribution in [3.05, 3.63) is 303 Å². The van der Waals surface area contributed by atoms with Crippen LogP contribution in [0.5, 0.6) is 0 Å². The lowest BCUT2D eigenvalue weighted by Crippen LogP contribution is -2.09. The standard InChI is InChI=1S/C70H50N4/c1-7-19-51(20-8-1)53-31-39-63(40-32-53)71(59-23-11-3-12-24-59)65-43-35-55(36-44-65)67-47-57-49-70-58(50-69(57)73(67)61-27-15-5-16-28-61)48-68(74(70)62-29-17-6-18-30-62)56-37-45-66(46-38-56)72(60-25-13-4-14-26-60)64-41-33-54(34-42-64)52-21-9-2-10-22-52/h1-50H. The molecule has 4 nitrogen and oxygen atoms in total. The Morgan fingerprint density at radius 2 is 0.446 bits per heavy atom. The molecule has 0 atom stereocenters. The maximum absolute atomic E-state index is 2.42. The highest BCUT2D eigenvalue weighted by molar-refractivity contribution is 6.02. The second-order valence-corrected chi connectivity index (χ2v) is 18.6. The van der Waals surface area contributed by atoms with E-state index in [1.807, 2.05) is 0 Å². The molecular formula is C70H50N4. The Labute approximate surface area is 432 Å². The van der Waals surface area contributed by atoms with E-state index in [2.05, 4.69) is 322 Å². The van der Waals surface area contributed by atoms with Crippen LogP contribution in [0.3, 0.4) is 0 Å². The predicted molar refractivity (Wildman–Crippen MR) is 311 cm³/mol. The van der Waals surface area contributed by atoms with Crippen LogP contribution < -0.4 is 9.80 Å². The normalized spacial score (nSPS) is 11.2. The summed E-state index contributed by atoms with van der Waals surface area (Å²) in [4.78, 5) is 4.66. The minimum Gasteiger partial charge on any atom is -0.311 e. The molecule has 0 N–H and O–H groups in total. The van der Waals surface area contributed by atoms with Gasteiger partial charge in [0, 0.05) is 56.3 Å². The van der Waals surface area contributed by atoms with Crippen molar-refractivity contribution in [2.45, 2.75) is 0 Å².